The maximum absolute atomic E-state index is 11.9. The number of ketones is 1. The minimum Gasteiger partial charge on any atom is -0.368 e. The van der Waals surface area contributed by atoms with Crippen molar-refractivity contribution in [2.75, 3.05) is 11.4 Å². The van der Waals surface area contributed by atoms with Crippen LogP contribution in [-0.4, -0.2) is 18.4 Å². The third-order valence-electron chi connectivity index (χ3n) is 4.89. The molecule has 1 aromatic carbocycles. The molecule has 3 rings (SSSR count). The molecule has 0 radical (unpaired) electrons. The number of hydrogen-bond donors (Lipinski definition) is 0. The number of halogens is 1. The molecule has 1 aliphatic carbocycles. The fourth-order valence-corrected chi connectivity index (χ4v) is 4.31. The van der Waals surface area contributed by atoms with Crippen LogP contribution in [0.2, 0.25) is 0 Å². The molecule has 1 unspecified atom stereocenters. The van der Waals surface area contributed by atoms with Gasteiger partial charge in [-0.2, -0.15) is 0 Å². The van der Waals surface area contributed by atoms with E-state index in [1.807, 2.05) is 12.1 Å². The number of rotatable bonds is 3. The molecular weight excluding hydrogens is 314 g/mol. The van der Waals surface area contributed by atoms with E-state index in [1.54, 1.807) is 6.92 Å². The molecule has 0 bridgehead atoms. The van der Waals surface area contributed by atoms with Crippen molar-refractivity contribution in [3.8, 4) is 0 Å². The maximum Gasteiger partial charge on any atom is 0.161 e. The second-order valence-corrected chi connectivity index (χ2v) is 7.08. The number of Topliss-reactive ketones (excluding diaryl/α,β-unsaturated/α-hetero) is 1. The minimum atomic E-state index is 0.171. The second kappa shape index (κ2) is 5.88. The molecule has 1 saturated heterocycles. The zero-order chi connectivity index (χ0) is 14.1. The summed E-state index contributed by atoms with van der Waals surface area (Å²) >= 11 is 3.56. The lowest BCUT2D eigenvalue weighted by Gasteiger charge is -2.32. The van der Waals surface area contributed by atoms with Gasteiger partial charge in [-0.1, -0.05) is 28.8 Å². The van der Waals surface area contributed by atoms with Gasteiger partial charge in [0.05, 0.1) is 0 Å². The summed E-state index contributed by atoms with van der Waals surface area (Å²) in [5.74, 6) is 1.00. The summed E-state index contributed by atoms with van der Waals surface area (Å²) in [5, 5.41) is 0. The maximum atomic E-state index is 11.9. The lowest BCUT2D eigenvalue weighted by Crippen LogP contribution is -2.35. The Morgan fingerprint density at radius 1 is 1.20 bits per heavy atom. The van der Waals surface area contributed by atoms with Crippen molar-refractivity contribution < 1.29 is 4.79 Å². The molecule has 0 spiro atoms. The van der Waals surface area contributed by atoms with Crippen LogP contribution >= 0.6 is 15.9 Å². The van der Waals surface area contributed by atoms with E-state index in [9.17, 15) is 4.79 Å². The Morgan fingerprint density at radius 3 is 2.65 bits per heavy atom. The Morgan fingerprint density at radius 2 is 1.95 bits per heavy atom. The Kier molecular flexibility index (Phi) is 4.16. The summed E-state index contributed by atoms with van der Waals surface area (Å²) in [4.78, 5) is 14.4. The SMILES string of the molecule is CC(=O)c1ccc(Br)cc1N1CCCC1C1CCCC1. The number of carbonyl (C=O) groups is 1. The van der Waals surface area contributed by atoms with Crippen LogP contribution in [0.1, 0.15) is 55.8 Å². The third kappa shape index (κ3) is 2.65. The fourth-order valence-electron chi connectivity index (χ4n) is 3.96. The van der Waals surface area contributed by atoms with Gasteiger partial charge >= 0.3 is 0 Å². The number of hydrogen-bond acceptors (Lipinski definition) is 2. The molecular formula is C17H22BrNO. The number of anilines is 1. The Labute approximate surface area is 129 Å². The van der Waals surface area contributed by atoms with Crippen LogP contribution in [0, 0.1) is 5.92 Å². The average molecular weight is 336 g/mol. The van der Waals surface area contributed by atoms with Crippen molar-refractivity contribution in [2.45, 2.75) is 51.5 Å². The first-order valence-corrected chi connectivity index (χ1v) is 8.53. The van der Waals surface area contributed by atoms with Gasteiger partial charge in [-0.05, 0) is 56.7 Å². The van der Waals surface area contributed by atoms with Crippen molar-refractivity contribution in [1.82, 2.24) is 0 Å². The van der Waals surface area contributed by atoms with E-state index in [4.69, 9.17) is 0 Å². The highest BCUT2D eigenvalue weighted by Crippen LogP contribution is 2.39. The summed E-state index contributed by atoms with van der Waals surface area (Å²) in [7, 11) is 0. The van der Waals surface area contributed by atoms with E-state index in [-0.39, 0.29) is 5.78 Å². The zero-order valence-electron chi connectivity index (χ0n) is 12.1. The molecule has 108 valence electrons. The lowest BCUT2D eigenvalue weighted by molar-refractivity contribution is 0.101. The zero-order valence-corrected chi connectivity index (χ0v) is 13.7. The normalized spacial score (nSPS) is 23.5. The molecule has 20 heavy (non-hydrogen) atoms. The summed E-state index contributed by atoms with van der Waals surface area (Å²) in [6.07, 6.45) is 8.04. The summed E-state index contributed by atoms with van der Waals surface area (Å²) in [5.41, 5.74) is 2.01. The minimum absolute atomic E-state index is 0.171. The largest absolute Gasteiger partial charge is 0.368 e. The Hall–Kier alpha value is -0.830. The van der Waals surface area contributed by atoms with Crippen molar-refractivity contribution >= 4 is 27.4 Å². The second-order valence-electron chi connectivity index (χ2n) is 6.17. The monoisotopic (exact) mass is 335 g/mol. The first-order valence-electron chi connectivity index (χ1n) is 7.74. The number of benzene rings is 1. The molecule has 2 aliphatic rings. The van der Waals surface area contributed by atoms with E-state index >= 15 is 0 Å². The van der Waals surface area contributed by atoms with Crippen LogP contribution in [0.3, 0.4) is 0 Å². The molecule has 3 heteroatoms. The Balaban J connectivity index is 1.94. The van der Waals surface area contributed by atoms with E-state index in [0.717, 1.165) is 28.2 Å². The van der Waals surface area contributed by atoms with Gasteiger partial charge in [0, 0.05) is 28.3 Å². The molecule has 0 N–H and O–H groups in total. The predicted molar refractivity (Wildman–Crippen MR) is 86.5 cm³/mol. The molecule has 0 aromatic heterocycles. The van der Waals surface area contributed by atoms with Gasteiger partial charge in [-0.25, -0.2) is 0 Å². The molecule has 0 amide bonds. The van der Waals surface area contributed by atoms with Gasteiger partial charge in [0.25, 0.3) is 0 Å². The van der Waals surface area contributed by atoms with Gasteiger partial charge in [0.1, 0.15) is 0 Å². The molecule has 1 saturated carbocycles. The number of carbonyl (C=O) groups excluding carboxylic acids is 1. The van der Waals surface area contributed by atoms with Crippen molar-refractivity contribution in [3.05, 3.63) is 28.2 Å². The smallest absolute Gasteiger partial charge is 0.161 e. The van der Waals surface area contributed by atoms with Crippen LogP contribution in [0.25, 0.3) is 0 Å². The van der Waals surface area contributed by atoms with Gasteiger partial charge < -0.3 is 4.90 Å². The molecule has 2 nitrogen and oxygen atoms in total. The van der Waals surface area contributed by atoms with Crippen LogP contribution < -0.4 is 4.90 Å². The highest BCUT2D eigenvalue weighted by Gasteiger charge is 2.34. The van der Waals surface area contributed by atoms with Crippen LogP contribution in [-0.2, 0) is 0 Å². The van der Waals surface area contributed by atoms with E-state index in [2.05, 4.69) is 26.9 Å². The fraction of sp³-hybridized carbons (Fsp3) is 0.588. The van der Waals surface area contributed by atoms with Gasteiger partial charge in [0.2, 0.25) is 0 Å². The van der Waals surface area contributed by atoms with E-state index in [0.29, 0.717) is 6.04 Å². The van der Waals surface area contributed by atoms with Crippen molar-refractivity contribution in [3.63, 3.8) is 0 Å². The molecule has 1 aromatic rings. The molecule has 2 fully saturated rings. The quantitative estimate of drug-likeness (QED) is 0.738. The van der Waals surface area contributed by atoms with Gasteiger partial charge in [-0.15, -0.1) is 0 Å². The Bertz CT molecular complexity index is 508. The van der Waals surface area contributed by atoms with Crippen LogP contribution in [0.4, 0.5) is 5.69 Å². The summed E-state index contributed by atoms with van der Waals surface area (Å²) < 4.78 is 1.06. The third-order valence-corrected chi connectivity index (χ3v) is 5.38. The lowest BCUT2D eigenvalue weighted by atomic mass is 9.95. The highest BCUT2D eigenvalue weighted by molar-refractivity contribution is 9.10. The first kappa shape index (κ1) is 14.1. The van der Waals surface area contributed by atoms with Crippen LogP contribution in [0.15, 0.2) is 22.7 Å². The summed E-state index contributed by atoms with van der Waals surface area (Å²) in [6.45, 7) is 2.77. The molecule has 1 atom stereocenters. The van der Waals surface area contributed by atoms with Gasteiger partial charge in [-0.3, -0.25) is 4.79 Å². The van der Waals surface area contributed by atoms with E-state index in [1.165, 1.54) is 38.5 Å². The van der Waals surface area contributed by atoms with Crippen molar-refractivity contribution in [1.29, 1.82) is 0 Å². The topological polar surface area (TPSA) is 20.3 Å². The first-order chi connectivity index (χ1) is 9.66. The average Bonchev–Trinajstić information content (AvgIpc) is 3.09. The van der Waals surface area contributed by atoms with Crippen molar-refractivity contribution in [2.24, 2.45) is 5.92 Å². The summed E-state index contributed by atoms with van der Waals surface area (Å²) in [6, 6.07) is 6.71. The molecule has 1 aliphatic heterocycles. The standard InChI is InChI=1S/C17H22BrNO/c1-12(20)15-9-8-14(18)11-17(15)19-10-4-7-16(19)13-5-2-3-6-13/h8-9,11,13,16H,2-7,10H2,1H3. The predicted octanol–water partition coefficient (Wildman–Crippen LogP) is 4.81. The highest BCUT2D eigenvalue weighted by atomic mass is 79.9. The van der Waals surface area contributed by atoms with Gasteiger partial charge in [0.15, 0.2) is 5.78 Å². The van der Waals surface area contributed by atoms with Crippen LogP contribution in [0.5, 0.6) is 0 Å². The van der Waals surface area contributed by atoms with E-state index < -0.39 is 0 Å². The number of nitrogens with zero attached hydrogens (tertiary/aromatic N) is 1. The molecule has 1 heterocycles.